The van der Waals surface area contributed by atoms with E-state index in [1.54, 1.807) is 12.1 Å². The highest BCUT2D eigenvalue weighted by Crippen LogP contribution is 2.27. The van der Waals surface area contributed by atoms with Crippen molar-refractivity contribution in [1.82, 2.24) is 4.90 Å². The molecule has 0 radical (unpaired) electrons. The molecule has 0 amide bonds. The molecule has 0 spiro atoms. The molecule has 0 atom stereocenters. The number of nitro benzene ring substituents is 1. The smallest absolute Gasteiger partial charge is 0.292 e. The number of nitro groups is 1. The van der Waals surface area contributed by atoms with Crippen molar-refractivity contribution in [1.29, 1.82) is 0 Å². The van der Waals surface area contributed by atoms with E-state index < -0.39 is 4.92 Å². The highest BCUT2D eigenvalue weighted by molar-refractivity contribution is 7.10. The number of fused-ring (bicyclic) bond motifs is 1. The molecular formula is C14H15N3O2S. The zero-order valence-electron chi connectivity index (χ0n) is 10.9. The summed E-state index contributed by atoms with van der Waals surface area (Å²) in [6.45, 7) is 2.62. The number of rotatable bonds is 3. The Morgan fingerprint density at radius 2 is 2.25 bits per heavy atom. The van der Waals surface area contributed by atoms with Crippen LogP contribution in [-0.4, -0.2) is 16.4 Å². The van der Waals surface area contributed by atoms with Gasteiger partial charge in [0, 0.05) is 30.6 Å². The van der Waals surface area contributed by atoms with E-state index in [0.717, 1.165) is 31.6 Å². The molecule has 3 rings (SSSR count). The van der Waals surface area contributed by atoms with Gasteiger partial charge in [0.2, 0.25) is 0 Å². The molecule has 1 aliphatic rings. The molecule has 0 unspecified atom stereocenters. The van der Waals surface area contributed by atoms with E-state index in [-0.39, 0.29) is 11.4 Å². The van der Waals surface area contributed by atoms with Gasteiger partial charge in [0.15, 0.2) is 0 Å². The Kier molecular flexibility index (Phi) is 3.42. The van der Waals surface area contributed by atoms with Crippen LogP contribution < -0.4 is 5.73 Å². The predicted molar refractivity (Wildman–Crippen MR) is 79.6 cm³/mol. The van der Waals surface area contributed by atoms with Gasteiger partial charge in [-0.2, -0.15) is 0 Å². The number of nitrogens with zero attached hydrogens (tertiary/aromatic N) is 2. The van der Waals surface area contributed by atoms with Crippen LogP contribution in [0.4, 0.5) is 11.4 Å². The fraction of sp³-hybridized carbons (Fsp3) is 0.286. The average Bonchev–Trinajstić information content (AvgIpc) is 2.88. The van der Waals surface area contributed by atoms with Gasteiger partial charge in [0.1, 0.15) is 5.69 Å². The molecular weight excluding hydrogens is 274 g/mol. The van der Waals surface area contributed by atoms with E-state index in [2.05, 4.69) is 16.3 Å². The summed E-state index contributed by atoms with van der Waals surface area (Å²) < 4.78 is 0. The van der Waals surface area contributed by atoms with Crippen molar-refractivity contribution in [2.45, 2.75) is 19.5 Å². The van der Waals surface area contributed by atoms with Crippen LogP contribution >= 0.6 is 11.3 Å². The van der Waals surface area contributed by atoms with E-state index in [9.17, 15) is 10.1 Å². The Balaban J connectivity index is 1.76. The zero-order valence-corrected chi connectivity index (χ0v) is 11.7. The van der Waals surface area contributed by atoms with Crippen LogP contribution in [-0.2, 0) is 19.5 Å². The molecule has 104 valence electrons. The first-order valence-corrected chi connectivity index (χ1v) is 7.32. The number of hydrogen-bond donors (Lipinski definition) is 1. The number of nitrogens with two attached hydrogens (primary N) is 1. The molecule has 2 N–H and O–H groups in total. The van der Waals surface area contributed by atoms with Crippen LogP contribution in [0.3, 0.4) is 0 Å². The lowest BCUT2D eigenvalue weighted by atomic mass is 10.1. The second-order valence-corrected chi connectivity index (χ2v) is 5.98. The largest absolute Gasteiger partial charge is 0.393 e. The molecule has 0 aliphatic carbocycles. The standard InChI is InChI=1S/C14H15N3O2S/c15-12-2-1-10(7-13(12)17(18)19)8-16-5-3-14-11(9-16)4-6-20-14/h1-2,4,6-7H,3,5,8-9,15H2. The van der Waals surface area contributed by atoms with Gasteiger partial charge in [-0.25, -0.2) is 0 Å². The fourth-order valence-electron chi connectivity index (χ4n) is 2.55. The topological polar surface area (TPSA) is 72.4 Å². The van der Waals surface area contributed by atoms with Gasteiger partial charge in [-0.1, -0.05) is 6.07 Å². The third-order valence-electron chi connectivity index (χ3n) is 3.58. The lowest BCUT2D eigenvalue weighted by Crippen LogP contribution is -2.29. The molecule has 1 aromatic carbocycles. The van der Waals surface area contributed by atoms with Gasteiger partial charge >= 0.3 is 0 Å². The second-order valence-electron chi connectivity index (χ2n) is 4.98. The number of anilines is 1. The summed E-state index contributed by atoms with van der Waals surface area (Å²) in [5, 5.41) is 13.0. The van der Waals surface area contributed by atoms with E-state index >= 15 is 0 Å². The van der Waals surface area contributed by atoms with Crippen molar-refractivity contribution in [2.75, 3.05) is 12.3 Å². The summed E-state index contributed by atoms with van der Waals surface area (Å²) in [6.07, 6.45) is 1.06. The highest BCUT2D eigenvalue weighted by Gasteiger charge is 2.18. The first-order valence-electron chi connectivity index (χ1n) is 6.44. The minimum atomic E-state index is -0.425. The molecule has 2 heterocycles. The highest BCUT2D eigenvalue weighted by atomic mass is 32.1. The Bertz CT molecular complexity index is 654. The van der Waals surface area contributed by atoms with Crippen molar-refractivity contribution in [2.24, 2.45) is 0 Å². The molecule has 2 aromatic rings. The van der Waals surface area contributed by atoms with E-state index in [4.69, 9.17) is 5.73 Å². The number of benzene rings is 1. The maximum atomic E-state index is 10.9. The number of hydrogen-bond acceptors (Lipinski definition) is 5. The Morgan fingerprint density at radius 3 is 3.05 bits per heavy atom. The van der Waals surface area contributed by atoms with Gasteiger partial charge < -0.3 is 5.73 Å². The number of thiophene rings is 1. The van der Waals surface area contributed by atoms with Crippen LogP contribution in [0.2, 0.25) is 0 Å². The maximum Gasteiger partial charge on any atom is 0.292 e. The summed E-state index contributed by atoms with van der Waals surface area (Å²) in [5.74, 6) is 0. The first-order chi connectivity index (χ1) is 9.63. The lowest BCUT2D eigenvalue weighted by Gasteiger charge is -2.26. The summed E-state index contributed by atoms with van der Waals surface area (Å²) in [7, 11) is 0. The fourth-order valence-corrected chi connectivity index (χ4v) is 3.44. The van der Waals surface area contributed by atoms with Crippen LogP contribution in [0.15, 0.2) is 29.6 Å². The number of nitrogen functional groups attached to an aromatic ring is 1. The molecule has 20 heavy (non-hydrogen) atoms. The molecule has 0 saturated carbocycles. The molecule has 5 nitrogen and oxygen atoms in total. The van der Waals surface area contributed by atoms with E-state index in [1.807, 2.05) is 17.4 Å². The van der Waals surface area contributed by atoms with E-state index in [1.165, 1.54) is 10.4 Å². The summed E-state index contributed by atoms with van der Waals surface area (Å²) >= 11 is 1.81. The van der Waals surface area contributed by atoms with Crippen molar-refractivity contribution in [3.63, 3.8) is 0 Å². The zero-order chi connectivity index (χ0) is 14.1. The van der Waals surface area contributed by atoms with Gasteiger partial charge in [-0.3, -0.25) is 15.0 Å². The van der Waals surface area contributed by atoms with Crippen molar-refractivity contribution < 1.29 is 4.92 Å². The van der Waals surface area contributed by atoms with Crippen molar-refractivity contribution in [3.8, 4) is 0 Å². The maximum absolute atomic E-state index is 10.9. The van der Waals surface area contributed by atoms with Gasteiger partial charge in [0.05, 0.1) is 4.92 Å². The third kappa shape index (κ3) is 2.52. The monoisotopic (exact) mass is 289 g/mol. The Hall–Kier alpha value is -1.92. The molecule has 0 fully saturated rings. The van der Waals surface area contributed by atoms with Crippen molar-refractivity contribution in [3.05, 3.63) is 55.8 Å². The Labute approximate surface area is 120 Å². The SMILES string of the molecule is Nc1ccc(CN2CCc3sccc3C2)cc1[N+](=O)[O-]. The molecule has 0 saturated heterocycles. The summed E-state index contributed by atoms with van der Waals surface area (Å²) in [4.78, 5) is 14.3. The lowest BCUT2D eigenvalue weighted by molar-refractivity contribution is -0.384. The normalized spacial score (nSPS) is 15.0. The van der Waals surface area contributed by atoms with E-state index in [0.29, 0.717) is 0 Å². The summed E-state index contributed by atoms with van der Waals surface area (Å²) in [6, 6.07) is 7.23. The van der Waals surface area contributed by atoms with Crippen LogP contribution in [0.25, 0.3) is 0 Å². The Morgan fingerprint density at radius 1 is 1.40 bits per heavy atom. The average molecular weight is 289 g/mol. The second kappa shape index (κ2) is 5.22. The van der Waals surface area contributed by atoms with Crippen LogP contribution in [0.1, 0.15) is 16.0 Å². The van der Waals surface area contributed by atoms with Crippen LogP contribution in [0.5, 0.6) is 0 Å². The molecule has 6 heteroatoms. The predicted octanol–water partition coefficient (Wildman–Crippen LogP) is 2.80. The minimum absolute atomic E-state index is 0.00395. The summed E-state index contributed by atoms with van der Waals surface area (Å²) in [5.41, 5.74) is 8.15. The molecule has 1 aromatic heterocycles. The molecule has 1 aliphatic heterocycles. The van der Waals surface area contributed by atoms with Gasteiger partial charge in [-0.05, 0) is 35.1 Å². The molecule has 0 bridgehead atoms. The first kappa shape index (κ1) is 13.1. The minimum Gasteiger partial charge on any atom is -0.393 e. The van der Waals surface area contributed by atoms with Crippen molar-refractivity contribution >= 4 is 22.7 Å². The van der Waals surface area contributed by atoms with Crippen LogP contribution in [0, 0.1) is 10.1 Å². The third-order valence-corrected chi connectivity index (χ3v) is 4.61. The quantitative estimate of drug-likeness (QED) is 0.536. The van der Waals surface area contributed by atoms with Gasteiger partial charge in [-0.15, -0.1) is 11.3 Å². The van der Waals surface area contributed by atoms with Gasteiger partial charge in [0.25, 0.3) is 5.69 Å².